The highest BCUT2D eigenvalue weighted by molar-refractivity contribution is 9.10. The highest BCUT2D eigenvalue weighted by atomic mass is 79.9. The highest BCUT2D eigenvalue weighted by Crippen LogP contribution is 2.33. The molecule has 3 aromatic rings. The first-order chi connectivity index (χ1) is 9.54. The van der Waals surface area contributed by atoms with Crippen molar-refractivity contribution in [2.24, 2.45) is 0 Å². The van der Waals surface area contributed by atoms with Crippen LogP contribution in [0.3, 0.4) is 0 Å². The number of hydrogen-bond donors (Lipinski definition) is 0. The molecule has 0 saturated carbocycles. The van der Waals surface area contributed by atoms with Gasteiger partial charge in [-0.15, -0.1) is 0 Å². The van der Waals surface area contributed by atoms with Gasteiger partial charge in [-0.2, -0.15) is 0 Å². The molecule has 0 N–H and O–H groups in total. The van der Waals surface area contributed by atoms with E-state index in [4.69, 9.17) is 16.0 Å². The maximum atomic E-state index is 6.22. The second kappa shape index (κ2) is 5.23. The third-order valence-corrected chi connectivity index (χ3v) is 4.06. The highest BCUT2D eigenvalue weighted by Gasteiger charge is 2.13. The van der Waals surface area contributed by atoms with E-state index in [2.05, 4.69) is 46.9 Å². The summed E-state index contributed by atoms with van der Waals surface area (Å²) >= 11 is 9.66. The SMILES string of the molecule is CC(C)c1ccc2oc(-c3cc(Br)ccc3Cl)nc2c1. The van der Waals surface area contributed by atoms with E-state index in [1.54, 1.807) is 0 Å². The third kappa shape index (κ3) is 2.48. The zero-order valence-electron chi connectivity index (χ0n) is 11.2. The van der Waals surface area contributed by atoms with E-state index in [0.717, 1.165) is 21.1 Å². The molecule has 0 unspecified atom stereocenters. The Balaban J connectivity index is 2.15. The van der Waals surface area contributed by atoms with Gasteiger partial charge in [-0.1, -0.05) is 47.4 Å². The molecule has 0 fully saturated rings. The molecule has 0 aliphatic heterocycles. The van der Waals surface area contributed by atoms with Crippen LogP contribution in [0.4, 0.5) is 0 Å². The minimum atomic E-state index is 0.467. The first-order valence-electron chi connectivity index (χ1n) is 6.40. The van der Waals surface area contributed by atoms with Gasteiger partial charge in [0.15, 0.2) is 5.58 Å². The lowest BCUT2D eigenvalue weighted by molar-refractivity contribution is 0.619. The Morgan fingerprint density at radius 2 is 1.95 bits per heavy atom. The quantitative estimate of drug-likeness (QED) is 0.563. The van der Waals surface area contributed by atoms with E-state index < -0.39 is 0 Å². The van der Waals surface area contributed by atoms with Crippen LogP contribution in [0.15, 0.2) is 45.3 Å². The molecule has 1 heterocycles. The molecule has 3 rings (SSSR count). The van der Waals surface area contributed by atoms with Crippen molar-refractivity contribution in [3.63, 3.8) is 0 Å². The molecule has 0 atom stereocenters. The van der Waals surface area contributed by atoms with E-state index in [9.17, 15) is 0 Å². The first-order valence-corrected chi connectivity index (χ1v) is 7.57. The second-order valence-corrected chi connectivity index (χ2v) is 6.35. The van der Waals surface area contributed by atoms with Crippen LogP contribution in [0.5, 0.6) is 0 Å². The van der Waals surface area contributed by atoms with Gasteiger partial charge < -0.3 is 4.42 Å². The van der Waals surface area contributed by atoms with E-state index in [-0.39, 0.29) is 0 Å². The van der Waals surface area contributed by atoms with Crippen molar-refractivity contribution >= 4 is 38.6 Å². The van der Waals surface area contributed by atoms with E-state index in [1.807, 2.05) is 24.3 Å². The molecule has 102 valence electrons. The minimum absolute atomic E-state index is 0.467. The Labute approximate surface area is 130 Å². The molecule has 1 aromatic heterocycles. The van der Waals surface area contributed by atoms with Crippen molar-refractivity contribution in [3.05, 3.63) is 51.5 Å². The third-order valence-electron chi connectivity index (χ3n) is 3.24. The lowest BCUT2D eigenvalue weighted by atomic mass is 10.0. The van der Waals surface area contributed by atoms with Gasteiger partial charge in [0.2, 0.25) is 5.89 Å². The average molecular weight is 351 g/mol. The monoisotopic (exact) mass is 349 g/mol. The number of fused-ring (bicyclic) bond motifs is 1. The number of nitrogens with zero attached hydrogens (tertiary/aromatic N) is 1. The van der Waals surface area contributed by atoms with Gasteiger partial charge in [-0.05, 0) is 41.8 Å². The zero-order chi connectivity index (χ0) is 14.3. The summed E-state index contributed by atoms with van der Waals surface area (Å²) < 4.78 is 6.75. The standard InChI is InChI=1S/C16H13BrClNO/c1-9(2)10-3-6-15-14(7-10)19-16(20-15)12-8-11(17)4-5-13(12)18/h3-9H,1-2H3. The number of oxazole rings is 1. The van der Waals surface area contributed by atoms with Crippen LogP contribution < -0.4 is 0 Å². The predicted octanol–water partition coefficient (Wildman–Crippen LogP) is 6.03. The number of aromatic nitrogens is 1. The Bertz CT molecular complexity index is 779. The molecule has 2 aromatic carbocycles. The van der Waals surface area contributed by atoms with Crippen LogP contribution in [0.1, 0.15) is 25.3 Å². The number of rotatable bonds is 2. The van der Waals surface area contributed by atoms with E-state index in [1.165, 1.54) is 5.56 Å². The molecule has 20 heavy (non-hydrogen) atoms. The van der Waals surface area contributed by atoms with Gasteiger partial charge in [-0.3, -0.25) is 0 Å². The molecule has 4 heteroatoms. The average Bonchev–Trinajstić information content (AvgIpc) is 2.83. The van der Waals surface area contributed by atoms with Crippen molar-refractivity contribution in [3.8, 4) is 11.5 Å². The molecule has 0 aliphatic rings. The van der Waals surface area contributed by atoms with E-state index in [0.29, 0.717) is 16.8 Å². The largest absolute Gasteiger partial charge is 0.436 e. The van der Waals surface area contributed by atoms with Gasteiger partial charge in [0.1, 0.15) is 5.52 Å². The molecular weight excluding hydrogens is 338 g/mol. The Kier molecular flexibility index (Phi) is 3.57. The summed E-state index contributed by atoms with van der Waals surface area (Å²) in [6.07, 6.45) is 0. The van der Waals surface area contributed by atoms with Crippen molar-refractivity contribution in [2.45, 2.75) is 19.8 Å². The molecule has 0 amide bonds. The summed E-state index contributed by atoms with van der Waals surface area (Å²) in [5, 5.41) is 0.629. The summed E-state index contributed by atoms with van der Waals surface area (Å²) in [4.78, 5) is 4.56. The van der Waals surface area contributed by atoms with Crippen molar-refractivity contribution in [2.75, 3.05) is 0 Å². The molecule has 2 nitrogen and oxygen atoms in total. The minimum Gasteiger partial charge on any atom is -0.436 e. The number of hydrogen-bond acceptors (Lipinski definition) is 2. The Morgan fingerprint density at radius 3 is 2.70 bits per heavy atom. The van der Waals surface area contributed by atoms with Crippen LogP contribution >= 0.6 is 27.5 Å². The molecule has 0 radical (unpaired) electrons. The lowest BCUT2D eigenvalue weighted by Crippen LogP contribution is -1.85. The van der Waals surface area contributed by atoms with Crippen molar-refractivity contribution < 1.29 is 4.42 Å². The topological polar surface area (TPSA) is 26.0 Å². The van der Waals surface area contributed by atoms with Crippen LogP contribution in [-0.4, -0.2) is 4.98 Å². The lowest BCUT2D eigenvalue weighted by Gasteiger charge is -2.02. The summed E-state index contributed by atoms with van der Waals surface area (Å²) in [5.74, 6) is 1.02. The van der Waals surface area contributed by atoms with E-state index >= 15 is 0 Å². The van der Waals surface area contributed by atoms with Gasteiger partial charge in [0.25, 0.3) is 0 Å². The maximum absolute atomic E-state index is 6.22. The Morgan fingerprint density at radius 1 is 1.15 bits per heavy atom. The van der Waals surface area contributed by atoms with Crippen LogP contribution in [-0.2, 0) is 0 Å². The summed E-state index contributed by atoms with van der Waals surface area (Å²) in [7, 11) is 0. The van der Waals surface area contributed by atoms with Crippen LogP contribution in [0.2, 0.25) is 5.02 Å². The molecule has 0 aliphatic carbocycles. The fourth-order valence-corrected chi connectivity index (χ4v) is 2.64. The smallest absolute Gasteiger partial charge is 0.228 e. The number of benzene rings is 2. The zero-order valence-corrected chi connectivity index (χ0v) is 13.5. The maximum Gasteiger partial charge on any atom is 0.228 e. The normalized spacial score (nSPS) is 11.4. The number of halogens is 2. The molecular formula is C16H13BrClNO. The van der Waals surface area contributed by atoms with Crippen LogP contribution in [0, 0.1) is 0 Å². The summed E-state index contributed by atoms with van der Waals surface area (Å²) in [6.45, 7) is 4.32. The van der Waals surface area contributed by atoms with Gasteiger partial charge in [0, 0.05) is 4.47 Å². The molecule has 0 bridgehead atoms. The van der Waals surface area contributed by atoms with Gasteiger partial charge in [0.05, 0.1) is 10.6 Å². The molecule has 0 saturated heterocycles. The predicted molar refractivity (Wildman–Crippen MR) is 86.2 cm³/mol. The second-order valence-electron chi connectivity index (χ2n) is 5.03. The van der Waals surface area contributed by atoms with Crippen molar-refractivity contribution in [1.82, 2.24) is 4.98 Å². The fraction of sp³-hybridized carbons (Fsp3) is 0.188. The first kappa shape index (κ1) is 13.7. The summed E-state index contributed by atoms with van der Waals surface area (Å²) in [6, 6.07) is 11.7. The summed E-state index contributed by atoms with van der Waals surface area (Å²) in [5.41, 5.74) is 3.68. The van der Waals surface area contributed by atoms with Gasteiger partial charge in [-0.25, -0.2) is 4.98 Å². The van der Waals surface area contributed by atoms with Crippen molar-refractivity contribution in [1.29, 1.82) is 0 Å². The van der Waals surface area contributed by atoms with Gasteiger partial charge >= 0.3 is 0 Å². The van der Waals surface area contributed by atoms with Crippen LogP contribution in [0.25, 0.3) is 22.6 Å². The molecule has 0 spiro atoms. The Hall–Kier alpha value is -1.32. The fourth-order valence-electron chi connectivity index (χ4n) is 2.08.